The molecule has 1 saturated heterocycles. The Kier molecular flexibility index (Phi) is 6.86. The highest BCUT2D eigenvalue weighted by atomic mass is 16.2. The van der Waals surface area contributed by atoms with Crippen molar-refractivity contribution >= 4 is 17.5 Å². The van der Waals surface area contributed by atoms with Crippen molar-refractivity contribution in [2.24, 2.45) is 0 Å². The zero-order valence-corrected chi connectivity index (χ0v) is 20.1. The molecule has 4 heterocycles. The first kappa shape index (κ1) is 23.2. The molecule has 0 aliphatic carbocycles. The van der Waals surface area contributed by atoms with E-state index in [0.29, 0.717) is 31.2 Å². The first-order chi connectivity index (χ1) is 17.1. The number of nitrogens with zero attached hydrogens (tertiary/aromatic N) is 5. The van der Waals surface area contributed by atoms with E-state index >= 15 is 0 Å². The van der Waals surface area contributed by atoms with Crippen molar-refractivity contribution in [1.82, 2.24) is 19.8 Å². The summed E-state index contributed by atoms with van der Waals surface area (Å²) < 4.78 is 0. The molecule has 1 fully saturated rings. The second kappa shape index (κ2) is 10.4. The highest BCUT2D eigenvalue weighted by Gasteiger charge is 2.36. The molecule has 7 heteroatoms. The molecule has 1 aromatic carbocycles. The maximum atomic E-state index is 13.7. The SMILES string of the molecule is CC(=O)N1CCC2CCC(CN(C(=O)c3cccnc3)Cc3ccccc31)N2Cc1cccnc1. The molecule has 35 heavy (non-hydrogen) atoms. The molecule has 0 saturated carbocycles. The number of aromatic nitrogens is 2. The van der Waals surface area contributed by atoms with Gasteiger partial charge in [-0.25, -0.2) is 0 Å². The van der Waals surface area contributed by atoms with Crippen molar-refractivity contribution in [2.45, 2.75) is 51.4 Å². The van der Waals surface area contributed by atoms with Crippen molar-refractivity contribution < 1.29 is 9.59 Å². The lowest BCUT2D eigenvalue weighted by atomic mass is 10.1. The van der Waals surface area contributed by atoms with Crippen LogP contribution >= 0.6 is 0 Å². The lowest BCUT2D eigenvalue weighted by molar-refractivity contribution is -0.116. The molecule has 2 aromatic heterocycles. The zero-order valence-electron chi connectivity index (χ0n) is 20.1. The van der Waals surface area contributed by atoms with Crippen LogP contribution in [-0.2, 0) is 17.9 Å². The highest BCUT2D eigenvalue weighted by molar-refractivity contribution is 5.95. The molecule has 7 nitrogen and oxygen atoms in total. The normalized spacial score (nSPS) is 20.7. The van der Waals surface area contributed by atoms with Crippen molar-refractivity contribution in [2.75, 3.05) is 18.0 Å². The number of hydrogen-bond donors (Lipinski definition) is 0. The lowest BCUT2D eigenvalue weighted by Gasteiger charge is -2.33. The third kappa shape index (κ3) is 5.10. The summed E-state index contributed by atoms with van der Waals surface area (Å²) in [5.74, 6) is -0.0125. The Morgan fingerprint density at radius 3 is 2.43 bits per heavy atom. The molecule has 0 spiro atoms. The van der Waals surface area contributed by atoms with Crippen LogP contribution in [0, 0.1) is 0 Å². The van der Waals surface area contributed by atoms with Gasteiger partial charge in [-0.2, -0.15) is 0 Å². The summed E-state index contributed by atoms with van der Waals surface area (Å²) in [6, 6.07) is 16.2. The fourth-order valence-electron chi connectivity index (χ4n) is 5.47. The molecule has 2 atom stereocenters. The zero-order chi connectivity index (χ0) is 24.2. The Morgan fingerprint density at radius 2 is 1.69 bits per heavy atom. The number of fused-ring (bicyclic) bond motifs is 3. The minimum Gasteiger partial charge on any atom is -0.333 e. The van der Waals surface area contributed by atoms with Crippen molar-refractivity contribution in [3.8, 4) is 0 Å². The maximum Gasteiger partial charge on any atom is 0.255 e. The number of amides is 2. The van der Waals surface area contributed by atoms with E-state index in [-0.39, 0.29) is 17.9 Å². The van der Waals surface area contributed by atoms with Gasteiger partial charge in [0, 0.05) is 75.7 Å². The fraction of sp³-hybridized carbons (Fsp3) is 0.357. The van der Waals surface area contributed by atoms with Crippen LogP contribution in [0.1, 0.15) is 47.7 Å². The summed E-state index contributed by atoms with van der Waals surface area (Å²) in [4.78, 5) is 41.2. The fourth-order valence-corrected chi connectivity index (χ4v) is 5.47. The topological polar surface area (TPSA) is 69.6 Å². The second-order valence-corrected chi connectivity index (χ2v) is 9.43. The lowest BCUT2D eigenvalue weighted by Crippen LogP contribution is -2.45. The Balaban J connectivity index is 1.53. The standard InChI is InChI=1S/C28H31N5O2/c1-21(34)32-15-12-25-10-11-26(33(25)18-22-6-4-13-29-16-22)20-31(19-24-7-2-3-9-27(24)32)28(35)23-8-5-14-30-17-23/h2-9,13-14,16-17,25-26H,10-12,15,18-20H2,1H3. The third-order valence-corrected chi connectivity index (χ3v) is 7.20. The van der Waals surface area contributed by atoms with Crippen LogP contribution in [0.5, 0.6) is 0 Å². The summed E-state index contributed by atoms with van der Waals surface area (Å²) in [6.45, 7) is 4.13. The number of hydrogen-bond acceptors (Lipinski definition) is 5. The number of rotatable bonds is 3. The van der Waals surface area contributed by atoms with Gasteiger partial charge in [-0.05, 0) is 54.7 Å². The second-order valence-electron chi connectivity index (χ2n) is 9.43. The van der Waals surface area contributed by atoms with Crippen LogP contribution in [0.3, 0.4) is 0 Å². The van der Waals surface area contributed by atoms with Gasteiger partial charge in [-0.15, -0.1) is 0 Å². The Bertz CT molecular complexity index is 1170. The molecule has 2 bridgehead atoms. The molecular weight excluding hydrogens is 438 g/mol. The van der Waals surface area contributed by atoms with Crippen LogP contribution in [0.2, 0.25) is 0 Å². The predicted molar refractivity (Wildman–Crippen MR) is 135 cm³/mol. The quantitative estimate of drug-likeness (QED) is 0.582. The van der Waals surface area contributed by atoms with E-state index in [1.54, 1.807) is 31.6 Å². The molecule has 2 aliphatic rings. The van der Waals surface area contributed by atoms with Crippen LogP contribution in [0.25, 0.3) is 0 Å². The summed E-state index contributed by atoms with van der Waals surface area (Å²) in [6.07, 6.45) is 9.98. The molecule has 180 valence electrons. The van der Waals surface area contributed by atoms with Crippen molar-refractivity contribution in [3.63, 3.8) is 0 Å². The molecule has 0 radical (unpaired) electrons. The van der Waals surface area contributed by atoms with E-state index in [1.807, 2.05) is 52.4 Å². The Hall–Kier alpha value is -3.58. The van der Waals surface area contributed by atoms with E-state index in [4.69, 9.17) is 0 Å². The minimum atomic E-state index is -0.0358. The Morgan fingerprint density at radius 1 is 0.914 bits per heavy atom. The van der Waals surface area contributed by atoms with Gasteiger partial charge >= 0.3 is 0 Å². The summed E-state index contributed by atoms with van der Waals surface area (Å²) in [5, 5.41) is 0. The van der Waals surface area contributed by atoms with Crippen LogP contribution in [0.15, 0.2) is 73.3 Å². The van der Waals surface area contributed by atoms with E-state index < -0.39 is 0 Å². The summed E-state index contributed by atoms with van der Waals surface area (Å²) in [5.41, 5.74) is 3.62. The highest BCUT2D eigenvalue weighted by Crippen LogP contribution is 2.32. The van der Waals surface area contributed by atoms with Crippen molar-refractivity contribution in [3.05, 3.63) is 90.0 Å². The number of carbonyl (C=O) groups is 2. The minimum absolute atomic E-state index is 0.0233. The van der Waals surface area contributed by atoms with Gasteiger partial charge in [0.2, 0.25) is 5.91 Å². The van der Waals surface area contributed by atoms with E-state index in [0.717, 1.165) is 42.6 Å². The van der Waals surface area contributed by atoms with E-state index in [1.165, 1.54) is 0 Å². The van der Waals surface area contributed by atoms with E-state index in [9.17, 15) is 9.59 Å². The van der Waals surface area contributed by atoms with Gasteiger partial charge in [0.1, 0.15) is 0 Å². The van der Waals surface area contributed by atoms with Gasteiger partial charge in [0.15, 0.2) is 0 Å². The maximum absolute atomic E-state index is 13.7. The van der Waals surface area contributed by atoms with Crippen LogP contribution < -0.4 is 4.90 Å². The van der Waals surface area contributed by atoms with Gasteiger partial charge in [-0.1, -0.05) is 24.3 Å². The van der Waals surface area contributed by atoms with Crippen LogP contribution in [-0.4, -0.2) is 56.8 Å². The Labute approximate surface area is 206 Å². The number of anilines is 1. The summed E-state index contributed by atoms with van der Waals surface area (Å²) >= 11 is 0. The van der Waals surface area contributed by atoms with Gasteiger partial charge < -0.3 is 9.80 Å². The molecule has 3 aromatic rings. The van der Waals surface area contributed by atoms with Gasteiger partial charge in [-0.3, -0.25) is 24.5 Å². The number of pyridine rings is 2. The first-order valence-corrected chi connectivity index (χ1v) is 12.3. The number of carbonyl (C=O) groups excluding carboxylic acids is 2. The van der Waals surface area contributed by atoms with Gasteiger partial charge in [0.25, 0.3) is 5.91 Å². The number of benzene rings is 1. The molecular formula is C28H31N5O2. The molecule has 2 amide bonds. The predicted octanol–water partition coefficient (Wildman–Crippen LogP) is 3.91. The number of para-hydroxylation sites is 1. The molecule has 5 rings (SSSR count). The monoisotopic (exact) mass is 469 g/mol. The van der Waals surface area contributed by atoms with Gasteiger partial charge in [0.05, 0.1) is 5.56 Å². The van der Waals surface area contributed by atoms with E-state index in [2.05, 4.69) is 20.9 Å². The smallest absolute Gasteiger partial charge is 0.255 e. The largest absolute Gasteiger partial charge is 0.333 e. The average molecular weight is 470 g/mol. The molecule has 0 N–H and O–H groups in total. The summed E-state index contributed by atoms with van der Waals surface area (Å²) in [7, 11) is 0. The molecule has 2 unspecified atom stereocenters. The molecule has 2 aliphatic heterocycles. The first-order valence-electron chi connectivity index (χ1n) is 12.3. The average Bonchev–Trinajstić information content (AvgIpc) is 3.24. The van der Waals surface area contributed by atoms with Crippen LogP contribution in [0.4, 0.5) is 5.69 Å². The van der Waals surface area contributed by atoms with Crippen molar-refractivity contribution in [1.29, 1.82) is 0 Å². The third-order valence-electron chi connectivity index (χ3n) is 7.20.